The molecule has 7 heteroatoms. The SMILES string of the molecule is CC(NC(=O)c1cn(C)nc1-c1cccnc1)c1ccc(F)cc1F. The van der Waals surface area contributed by atoms with Crippen LogP contribution in [0, 0.1) is 11.6 Å². The number of pyridine rings is 1. The van der Waals surface area contributed by atoms with Gasteiger partial charge in [0.25, 0.3) is 5.91 Å². The average Bonchev–Trinajstić information content (AvgIpc) is 2.97. The minimum Gasteiger partial charge on any atom is -0.345 e. The van der Waals surface area contributed by atoms with Gasteiger partial charge in [0.15, 0.2) is 0 Å². The topological polar surface area (TPSA) is 59.8 Å². The van der Waals surface area contributed by atoms with Crippen LogP contribution in [-0.2, 0) is 7.05 Å². The van der Waals surface area contributed by atoms with E-state index in [1.807, 2.05) is 0 Å². The number of halogens is 2. The molecule has 0 spiro atoms. The number of hydrogen-bond donors (Lipinski definition) is 1. The van der Waals surface area contributed by atoms with Crippen LogP contribution in [0.25, 0.3) is 11.3 Å². The van der Waals surface area contributed by atoms with Crippen molar-refractivity contribution in [3.63, 3.8) is 0 Å². The van der Waals surface area contributed by atoms with Gasteiger partial charge in [-0.25, -0.2) is 8.78 Å². The van der Waals surface area contributed by atoms with E-state index in [1.54, 1.807) is 44.7 Å². The zero-order chi connectivity index (χ0) is 18.0. The van der Waals surface area contributed by atoms with Gasteiger partial charge in [-0.15, -0.1) is 0 Å². The van der Waals surface area contributed by atoms with Crippen molar-refractivity contribution in [1.29, 1.82) is 0 Å². The van der Waals surface area contributed by atoms with Crippen molar-refractivity contribution in [2.45, 2.75) is 13.0 Å². The van der Waals surface area contributed by atoms with Crippen molar-refractivity contribution in [3.8, 4) is 11.3 Å². The van der Waals surface area contributed by atoms with Crippen LogP contribution in [0.4, 0.5) is 8.78 Å². The molecule has 0 radical (unpaired) electrons. The van der Waals surface area contributed by atoms with E-state index in [0.717, 1.165) is 12.1 Å². The molecule has 0 aliphatic heterocycles. The summed E-state index contributed by atoms with van der Waals surface area (Å²) in [5, 5.41) is 7.02. The summed E-state index contributed by atoms with van der Waals surface area (Å²) in [6, 6.07) is 6.20. The Labute approximate surface area is 143 Å². The third kappa shape index (κ3) is 3.55. The second-order valence-electron chi connectivity index (χ2n) is 5.67. The number of benzene rings is 1. The lowest BCUT2D eigenvalue weighted by atomic mass is 10.1. The Hall–Kier alpha value is -3.09. The molecule has 1 amide bonds. The first-order valence-corrected chi connectivity index (χ1v) is 7.65. The molecule has 0 saturated heterocycles. The lowest BCUT2D eigenvalue weighted by Crippen LogP contribution is -2.27. The molecule has 1 unspecified atom stereocenters. The summed E-state index contributed by atoms with van der Waals surface area (Å²) in [5.74, 6) is -1.76. The largest absolute Gasteiger partial charge is 0.345 e. The van der Waals surface area contributed by atoms with Crippen LogP contribution in [0.15, 0.2) is 48.9 Å². The molecule has 3 aromatic rings. The van der Waals surface area contributed by atoms with Crippen LogP contribution in [0.3, 0.4) is 0 Å². The van der Waals surface area contributed by atoms with Crippen molar-refractivity contribution in [2.75, 3.05) is 0 Å². The highest BCUT2D eigenvalue weighted by atomic mass is 19.1. The van der Waals surface area contributed by atoms with Gasteiger partial charge in [-0.2, -0.15) is 5.10 Å². The van der Waals surface area contributed by atoms with E-state index in [2.05, 4.69) is 15.4 Å². The first-order chi connectivity index (χ1) is 12.0. The Balaban J connectivity index is 1.87. The second-order valence-corrected chi connectivity index (χ2v) is 5.67. The quantitative estimate of drug-likeness (QED) is 0.792. The van der Waals surface area contributed by atoms with Crippen molar-refractivity contribution < 1.29 is 13.6 Å². The van der Waals surface area contributed by atoms with Crippen LogP contribution in [-0.4, -0.2) is 20.7 Å². The first kappa shape index (κ1) is 16.8. The Morgan fingerprint density at radius 1 is 1.28 bits per heavy atom. The van der Waals surface area contributed by atoms with E-state index in [9.17, 15) is 13.6 Å². The Morgan fingerprint density at radius 3 is 2.76 bits per heavy atom. The van der Waals surface area contributed by atoms with E-state index in [4.69, 9.17) is 0 Å². The zero-order valence-corrected chi connectivity index (χ0v) is 13.7. The maximum absolute atomic E-state index is 13.9. The van der Waals surface area contributed by atoms with E-state index < -0.39 is 23.6 Å². The fourth-order valence-corrected chi connectivity index (χ4v) is 2.58. The number of nitrogens with one attached hydrogen (secondary N) is 1. The third-order valence-corrected chi connectivity index (χ3v) is 3.78. The molecule has 0 fully saturated rings. The van der Waals surface area contributed by atoms with Crippen molar-refractivity contribution in [1.82, 2.24) is 20.1 Å². The van der Waals surface area contributed by atoms with Gasteiger partial charge in [-0.05, 0) is 25.1 Å². The van der Waals surface area contributed by atoms with Gasteiger partial charge in [-0.3, -0.25) is 14.5 Å². The second kappa shape index (κ2) is 6.80. The average molecular weight is 342 g/mol. The molecule has 3 rings (SSSR count). The number of aromatic nitrogens is 3. The summed E-state index contributed by atoms with van der Waals surface area (Å²) >= 11 is 0. The highest BCUT2D eigenvalue weighted by Crippen LogP contribution is 2.23. The number of rotatable bonds is 4. The number of carbonyl (C=O) groups is 1. The third-order valence-electron chi connectivity index (χ3n) is 3.78. The highest BCUT2D eigenvalue weighted by Gasteiger charge is 2.20. The maximum atomic E-state index is 13.9. The minimum absolute atomic E-state index is 0.210. The molecule has 5 nitrogen and oxygen atoms in total. The summed E-state index contributed by atoms with van der Waals surface area (Å²) in [6.07, 6.45) is 4.83. The molecule has 25 heavy (non-hydrogen) atoms. The fourth-order valence-electron chi connectivity index (χ4n) is 2.58. The Morgan fingerprint density at radius 2 is 2.08 bits per heavy atom. The van der Waals surface area contributed by atoms with Crippen molar-refractivity contribution in [2.24, 2.45) is 7.05 Å². The number of aryl methyl sites for hydroxylation is 1. The predicted molar refractivity (Wildman–Crippen MR) is 88.7 cm³/mol. The van der Waals surface area contributed by atoms with Gasteiger partial charge < -0.3 is 5.32 Å². The number of hydrogen-bond acceptors (Lipinski definition) is 3. The monoisotopic (exact) mass is 342 g/mol. The molecular formula is C18H16F2N4O. The highest BCUT2D eigenvalue weighted by molar-refractivity contribution is 5.99. The number of carbonyl (C=O) groups excluding carboxylic acids is 1. The molecular weight excluding hydrogens is 326 g/mol. The molecule has 2 aromatic heterocycles. The van der Waals surface area contributed by atoms with E-state index in [0.29, 0.717) is 16.8 Å². The molecule has 0 aliphatic carbocycles. The molecule has 0 aliphatic rings. The van der Waals surface area contributed by atoms with Gasteiger partial charge in [0.05, 0.1) is 11.6 Å². The smallest absolute Gasteiger partial charge is 0.255 e. The Bertz CT molecular complexity index is 909. The lowest BCUT2D eigenvalue weighted by molar-refractivity contribution is 0.0940. The summed E-state index contributed by atoms with van der Waals surface area (Å²) in [5.41, 5.74) is 1.75. The minimum atomic E-state index is -0.702. The van der Waals surface area contributed by atoms with Crippen molar-refractivity contribution >= 4 is 5.91 Å². The van der Waals surface area contributed by atoms with Crippen LogP contribution in [0.5, 0.6) is 0 Å². The van der Waals surface area contributed by atoms with Gasteiger partial charge in [0, 0.05) is 42.8 Å². The molecule has 0 saturated carbocycles. The fraction of sp³-hybridized carbons (Fsp3) is 0.167. The summed E-state index contributed by atoms with van der Waals surface area (Å²) in [4.78, 5) is 16.7. The van der Waals surface area contributed by atoms with E-state index in [-0.39, 0.29) is 5.56 Å². The van der Waals surface area contributed by atoms with Crippen molar-refractivity contribution in [3.05, 3.63) is 71.7 Å². The lowest BCUT2D eigenvalue weighted by Gasteiger charge is -2.15. The predicted octanol–water partition coefficient (Wildman–Crippen LogP) is 3.25. The number of nitrogens with zero attached hydrogens (tertiary/aromatic N) is 3. The summed E-state index contributed by atoms with van der Waals surface area (Å²) < 4.78 is 28.5. The molecule has 2 heterocycles. The molecule has 128 valence electrons. The van der Waals surface area contributed by atoms with Crippen LogP contribution < -0.4 is 5.32 Å². The maximum Gasteiger partial charge on any atom is 0.255 e. The first-order valence-electron chi connectivity index (χ1n) is 7.65. The standard InChI is InChI=1S/C18H16F2N4O/c1-11(14-6-5-13(19)8-16(14)20)22-18(25)15-10-24(2)23-17(15)12-4-3-7-21-9-12/h3-11H,1-2H3,(H,22,25). The number of amides is 1. The van der Waals surface area contributed by atoms with Crippen LogP contribution >= 0.6 is 0 Å². The van der Waals surface area contributed by atoms with Gasteiger partial charge in [0.2, 0.25) is 0 Å². The zero-order valence-electron chi connectivity index (χ0n) is 13.7. The normalized spacial score (nSPS) is 12.0. The van der Waals surface area contributed by atoms with E-state index in [1.165, 1.54) is 10.7 Å². The summed E-state index contributed by atoms with van der Waals surface area (Å²) in [6.45, 7) is 1.63. The molecule has 1 atom stereocenters. The van der Waals surface area contributed by atoms with Gasteiger partial charge in [0.1, 0.15) is 17.3 Å². The summed E-state index contributed by atoms with van der Waals surface area (Å²) in [7, 11) is 1.71. The van der Waals surface area contributed by atoms with Gasteiger partial charge in [-0.1, -0.05) is 6.07 Å². The molecule has 1 N–H and O–H groups in total. The van der Waals surface area contributed by atoms with Crippen LogP contribution in [0.1, 0.15) is 28.9 Å². The Kier molecular flexibility index (Phi) is 4.56. The van der Waals surface area contributed by atoms with Crippen LogP contribution in [0.2, 0.25) is 0 Å². The van der Waals surface area contributed by atoms with E-state index >= 15 is 0 Å². The van der Waals surface area contributed by atoms with Gasteiger partial charge >= 0.3 is 0 Å². The molecule has 1 aromatic carbocycles. The molecule has 0 bridgehead atoms.